The second-order valence-electron chi connectivity index (χ2n) is 6.29. The maximum atomic E-state index is 12.6. The van der Waals surface area contributed by atoms with Gasteiger partial charge in [-0.2, -0.15) is 4.98 Å². The maximum Gasteiger partial charge on any atom is 0.251 e. The van der Waals surface area contributed by atoms with Gasteiger partial charge in [0.05, 0.1) is 0 Å². The second kappa shape index (κ2) is 9.25. The van der Waals surface area contributed by atoms with E-state index in [2.05, 4.69) is 20.4 Å². The fourth-order valence-corrected chi connectivity index (χ4v) is 2.51. The Balaban J connectivity index is 0.00000261. The van der Waals surface area contributed by atoms with Crippen LogP contribution in [0.3, 0.4) is 0 Å². The highest BCUT2D eigenvalue weighted by Crippen LogP contribution is 2.23. The Hall–Kier alpha value is -2.77. The quantitative estimate of drug-likeness (QED) is 0.672. The minimum absolute atomic E-state index is 0. The number of rotatable bonds is 6. The van der Waals surface area contributed by atoms with Gasteiger partial charge < -0.3 is 15.6 Å². The number of hydrogen-bond donors (Lipinski definition) is 2. The lowest BCUT2D eigenvalue weighted by Gasteiger charge is -2.18. The lowest BCUT2D eigenvalue weighted by molar-refractivity contribution is 0.0914. The van der Waals surface area contributed by atoms with E-state index < -0.39 is 0 Å². The number of aromatic nitrogens is 3. The Bertz CT molecular complexity index is 865. The van der Waals surface area contributed by atoms with Gasteiger partial charge in [-0.05, 0) is 35.7 Å². The van der Waals surface area contributed by atoms with Gasteiger partial charge in [-0.3, -0.25) is 9.78 Å². The van der Waals surface area contributed by atoms with Gasteiger partial charge in [0.1, 0.15) is 6.04 Å². The number of hydrogen-bond acceptors (Lipinski definition) is 6. The average Bonchev–Trinajstić information content (AvgIpc) is 3.16. The van der Waals surface area contributed by atoms with E-state index in [0.717, 1.165) is 11.1 Å². The molecule has 3 N–H and O–H groups in total. The summed E-state index contributed by atoms with van der Waals surface area (Å²) in [5, 5.41) is 6.99. The Kier molecular flexibility index (Phi) is 7.04. The first-order valence-electron chi connectivity index (χ1n) is 8.42. The van der Waals surface area contributed by atoms with E-state index in [0.29, 0.717) is 23.8 Å². The number of benzene rings is 1. The summed E-state index contributed by atoms with van der Waals surface area (Å²) in [5.41, 5.74) is 7.93. The van der Waals surface area contributed by atoms with Crippen molar-refractivity contribution >= 4 is 18.3 Å². The lowest BCUT2D eigenvalue weighted by Crippen LogP contribution is -2.32. The van der Waals surface area contributed by atoms with Crippen molar-refractivity contribution in [2.75, 3.05) is 0 Å². The first-order chi connectivity index (χ1) is 12.6. The summed E-state index contributed by atoms with van der Waals surface area (Å²) in [6.07, 6.45) is 3.33. The van der Waals surface area contributed by atoms with Gasteiger partial charge in [0.2, 0.25) is 11.7 Å². The van der Waals surface area contributed by atoms with Gasteiger partial charge in [0.15, 0.2) is 0 Å². The van der Waals surface area contributed by atoms with Crippen molar-refractivity contribution in [1.82, 2.24) is 20.4 Å². The number of amides is 1. The third kappa shape index (κ3) is 4.90. The van der Waals surface area contributed by atoms with Crippen LogP contribution in [0.2, 0.25) is 0 Å². The highest BCUT2D eigenvalue weighted by molar-refractivity contribution is 5.94. The van der Waals surface area contributed by atoms with Crippen LogP contribution in [0, 0.1) is 5.92 Å². The van der Waals surface area contributed by atoms with E-state index in [-0.39, 0.29) is 30.3 Å². The first kappa shape index (κ1) is 20.5. The monoisotopic (exact) mass is 387 g/mol. The fourth-order valence-electron chi connectivity index (χ4n) is 2.51. The Morgan fingerprint density at radius 3 is 2.41 bits per heavy atom. The summed E-state index contributed by atoms with van der Waals surface area (Å²) in [5.74, 6) is 0.720. The zero-order valence-corrected chi connectivity index (χ0v) is 15.9. The van der Waals surface area contributed by atoms with Gasteiger partial charge in [0.25, 0.3) is 5.91 Å². The molecule has 1 amide bonds. The molecule has 0 saturated carbocycles. The highest BCUT2D eigenvalue weighted by atomic mass is 35.5. The van der Waals surface area contributed by atoms with Crippen molar-refractivity contribution in [3.8, 4) is 11.4 Å². The number of halogens is 1. The normalized spacial score (nSPS) is 11.7. The number of nitrogens with one attached hydrogen (secondary N) is 1. The Morgan fingerprint density at radius 1 is 1.15 bits per heavy atom. The summed E-state index contributed by atoms with van der Waals surface area (Å²) in [4.78, 5) is 21.0. The predicted octanol–water partition coefficient (Wildman–Crippen LogP) is 3.14. The van der Waals surface area contributed by atoms with E-state index >= 15 is 0 Å². The van der Waals surface area contributed by atoms with E-state index in [4.69, 9.17) is 10.3 Å². The van der Waals surface area contributed by atoms with Gasteiger partial charge in [0, 0.05) is 30.1 Å². The Labute approximate surface area is 163 Å². The van der Waals surface area contributed by atoms with E-state index in [1.165, 1.54) is 0 Å². The smallest absolute Gasteiger partial charge is 0.251 e. The molecule has 7 nitrogen and oxygen atoms in total. The average molecular weight is 388 g/mol. The molecule has 2 aromatic heterocycles. The Morgan fingerprint density at radius 2 is 1.81 bits per heavy atom. The van der Waals surface area contributed by atoms with Crippen LogP contribution >= 0.6 is 12.4 Å². The summed E-state index contributed by atoms with van der Waals surface area (Å²) in [7, 11) is 0. The molecule has 1 atom stereocenters. The fraction of sp³-hybridized carbons (Fsp3) is 0.263. The number of nitrogens with two attached hydrogens (primary N) is 1. The first-order valence-corrected chi connectivity index (χ1v) is 8.42. The third-order valence-corrected chi connectivity index (χ3v) is 4.05. The SMILES string of the molecule is CC(C)C(NC(=O)c1ccc(CN)cc1)c1nc(-c2ccncc2)no1.Cl. The number of pyridine rings is 1. The number of nitrogens with zero attached hydrogens (tertiary/aromatic N) is 3. The van der Waals surface area contributed by atoms with Gasteiger partial charge in [-0.1, -0.05) is 31.1 Å². The predicted molar refractivity (Wildman–Crippen MR) is 104 cm³/mol. The summed E-state index contributed by atoms with van der Waals surface area (Å²) < 4.78 is 5.40. The molecule has 0 bridgehead atoms. The molecule has 0 aliphatic rings. The summed E-state index contributed by atoms with van der Waals surface area (Å²) in [6.45, 7) is 4.41. The molecule has 0 aliphatic heterocycles. The molecule has 0 spiro atoms. The van der Waals surface area contributed by atoms with Crippen LogP contribution < -0.4 is 11.1 Å². The van der Waals surface area contributed by atoms with Crippen LogP contribution in [0.15, 0.2) is 53.3 Å². The highest BCUT2D eigenvalue weighted by Gasteiger charge is 2.25. The van der Waals surface area contributed by atoms with Crippen molar-refractivity contribution in [2.24, 2.45) is 11.7 Å². The minimum Gasteiger partial charge on any atom is -0.340 e. The van der Waals surface area contributed by atoms with Crippen LogP contribution in [-0.4, -0.2) is 21.0 Å². The largest absolute Gasteiger partial charge is 0.340 e. The second-order valence-corrected chi connectivity index (χ2v) is 6.29. The molecule has 1 aromatic carbocycles. The zero-order chi connectivity index (χ0) is 18.5. The molecule has 0 fully saturated rings. The topological polar surface area (TPSA) is 107 Å². The van der Waals surface area contributed by atoms with Gasteiger partial charge >= 0.3 is 0 Å². The van der Waals surface area contributed by atoms with Crippen molar-refractivity contribution in [1.29, 1.82) is 0 Å². The molecule has 3 aromatic rings. The van der Waals surface area contributed by atoms with Crippen LogP contribution in [0.5, 0.6) is 0 Å². The minimum atomic E-state index is -0.389. The number of carbonyl (C=O) groups excluding carboxylic acids is 1. The molecule has 8 heteroatoms. The van der Waals surface area contributed by atoms with Crippen LogP contribution in [-0.2, 0) is 6.54 Å². The van der Waals surface area contributed by atoms with Crippen LogP contribution in [0.1, 0.15) is 41.7 Å². The van der Waals surface area contributed by atoms with Crippen molar-refractivity contribution in [3.05, 3.63) is 65.8 Å². The van der Waals surface area contributed by atoms with Gasteiger partial charge in [-0.25, -0.2) is 0 Å². The van der Waals surface area contributed by atoms with Crippen LogP contribution in [0.4, 0.5) is 0 Å². The van der Waals surface area contributed by atoms with Crippen molar-refractivity contribution in [2.45, 2.75) is 26.4 Å². The molecule has 27 heavy (non-hydrogen) atoms. The molecule has 142 valence electrons. The zero-order valence-electron chi connectivity index (χ0n) is 15.1. The third-order valence-electron chi connectivity index (χ3n) is 4.05. The van der Waals surface area contributed by atoms with Crippen molar-refractivity contribution in [3.63, 3.8) is 0 Å². The molecular weight excluding hydrogens is 366 g/mol. The van der Waals surface area contributed by atoms with Crippen molar-refractivity contribution < 1.29 is 9.32 Å². The molecule has 3 rings (SSSR count). The van der Waals surface area contributed by atoms with Crippen LogP contribution in [0.25, 0.3) is 11.4 Å². The standard InChI is InChI=1S/C19H21N5O2.ClH/c1-12(2)16(22-18(25)15-5-3-13(11-20)4-6-15)19-23-17(24-26-19)14-7-9-21-10-8-14;/h3-10,12,16H,11,20H2,1-2H3,(H,22,25);1H. The summed E-state index contributed by atoms with van der Waals surface area (Å²) in [6, 6.07) is 10.4. The number of carbonyl (C=O) groups is 1. The van der Waals surface area contributed by atoms with E-state index in [1.54, 1.807) is 36.7 Å². The molecular formula is C19H22ClN5O2. The molecule has 1 unspecified atom stereocenters. The molecule has 0 radical (unpaired) electrons. The van der Waals surface area contributed by atoms with Gasteiger partial charge in [-0.15, -0.1) is 12.4 Å². The molecule has 2 heterocycles. The summed E-state index contributed by atoms with van der Waals surface area (Å²) >= 11 is 0. The molecule has 0 saturated heterocycles. The van der Waals surface area contributed by atoms with E-state index in [1.807, 2.05) is 26.0 Å². The van der Waals surface area contributed by atoms with E-state index in [9.17, 15) is 4.79 Å². The maximum absolute atomic E-state index is 12.6. The molecule has 0 aliphatic carbocycles. The lowest BCUT2D eigenvalue weighted by atomic mass is 10.0.